The van der Waals surface area contributed by atoms with Crippen LogP contribution in [0.5, 0.6) is 5.88 Å². The predicted molar refractivity (Wildman–Crippen MR) is 111 cm³/mol. The Hall–Kier alpha value is -1.94. The van der Waals surface area contributed by atoms with E-state index in [2.05, 4.69) is 15.3 Å². The number of halogens is 1. The Morgan fingerprint density at radius 3 is 2.48 bits per heavy atom. The fourth-order valence-corrected chi connectivity index (χ4v) is 3.55. The Morgan fingerprint density at radius 2 is 1.83 bits per heavy atom. The molecule has 0 spiro atoms. The van der Waals surface area contributed by atoms with Gasteiger partial charge in [0.15, 0.2) is 0 Å². The summed E-state index contributed by atoms with van der Waals surface area (Å²) in [4.78, 5) is 22.6. The fraction of sp³-hybridized carbons (Fsp3) is 0.526. The van der Waals surface area contributed by atoms with Crippen molar-refractivity contribution in [3.05, 3.63) is 23.5 Å². The summed E-state index contributed by atoms with van der Waals surface area (Å²) in [6, 6.07) is 3.49. The first-order valence-electron chi connectivity index (χ1n) is 9.65. The van der Waals surface area contributed by atoms with Gasteiger partial charge in [0, 0.05) is 36.7 Å². The van der Waals surface area contributed by atoms with E-state index in [1.54, 1.807) is 17.0 Å². The number of fused-ring (bicyclic) bond motifs is 1. The zero-order chi connectivity index (χ0) is 20.8. The maximum atomic E-state index is 12.5. The second-order valence-electron chi connectivity index (χ2n) is 8.26. The van der Waals surface area contributed by atoms with Crippen molar-refractivity contribution in [3.8, 4) is 5.88 Å². The van der Waals surface area contributed by atoms with Crippen LogP contribution in [0.15, 0.2) is 18.5 Å². The SMILES string of the molecule is CC1(C)OB(c2cc3ncnc(OC(=O)N4CCNCC4)c3cc2Cl)OC1(C)C. The normalized spacial score (nSPS) is 20.9. The third kappa shape index (κ3) is 3.80. The van der Waals surface area contributed by atoms with Crippen LogP contribution in [0.1, 0.15) is 27.7 Å². The molecule has 29 heavy (non-hydrogen) atoms. The number of benzene rings is 1. The molecule has 10 heteroatoms. The predicted octanol–water partition coefficient (Wildman–Crippen LogP) is 1.99. The second-order valence-corrected chi connectivity index (χ2v) is 8.67. The molecule has 0 atom stereocenters. The number of nitrogens with one attached hydrogen (secondary N) is 1. The van der Waals surface area contributed by atoms with Crippen molar-refractivity contribution >= 4 is 41.2 Å². The number of rotatable bonds is 2. The van der Waals surface area contributed by atoms with Crippen molar-refractivity contribution in [1.82, 2.24) is 20.2 Å². The van der Waals surface area contributed by atoms with Crippen molar-refractivity contribution in [2.75, 3.05) is 26.2 Å². The Bertz CT molecular complexity index is 933. The lowest BCUT2D eigenvalue weighted by atomic mass is 9.78. The van der Waals surface area contributed by atoms with Crippen LogP contribution in [-0.4, -0.2) is 65.5 Å². The molecule has 1 aromatic heterocycles. The van der Waals surface area contributed by atoms with E-state index in [-0.39, 0.29) is 5.88 Å². The molecular formula is C19H24BClN4O4. The molecule has 2 aliphatic heterocycles. The smallest absolute Gasteiger partial charge is 0.399 e. The molecule has 8 nitrogen and oxygen atoms in total. The van der Waals surface area contributed by atoms with Gasteiger partial charge in [-0.3, -0.25) is 0 Å². The van der Waals surface area contributed by atoms with E-state index in [9.17, 15) is 4.79 Å². The topological polar surface area (TPSA) is 85.8 Å². The molecule has 4 rings (SSSR count). The molecule has 2 saturated heterocycles. The summed E-state index contributed by atoms with van der Waals surface area (Å²) >= 11 is 6.55. The van der Waals surface area contributed by atoms with Gasteiger partial charge < -0.3 is 24.3 Å². The third-order valence-electron chi connectivity index (χ3n) is 5.78. The summed E-state index contributed by atoms with van der Waals surface area (Å²) in [7, 11) is -0.612. The third-order valence-corrected chi connectivity index (χ3v) is 6.11. The molecule has 0 saturated carbocycles. The molecule has 2 aliphatic rings. The minimum atomic E-state index is -0.612. The van der Waals surface area contributed by atoms with Crippen LogP contribution in [0.2, 0.25) is 5.02 Å². The highest BCUT2D eigenvalue weighted by Crippen LogP contribution is 2.37. The van der Waals surface area contributed by atoms with Crippen molar-refractivity contribution in [2.45, 2.75) is 38.9 Å². The lowest BCUT2D eigenvalue weighted by Gasteiger charge is -2.32. The molecule has 3 heterocycles. The van der Waals surface area contributed by atoms with Crippen molar-refractivity contribution in [1.29, 1.82) is 0 Å². The molecular weight excluding hydrogens is 394 g/mol. The van der Waals surface area contributed by atoms with E-state index in [0.29, 0.717) is 34.5 Å². The van der Waals surface area contributed by atoms with E-state index in [1.165, 1.54) is 6.33 Å². The van der Waals surface area contributed by atoms with Gasteiger partial charge in [-0.25, -0.2) is 14.8 Å². The van der Waals surface area contributed by atoms with Crippen molar-refractivity contribution in [3.63, 3.8) is 0 Å². The Morgan fingerprint density at radius 1 is 1.17 bits per heavy atom. The number of amides is 1. The number of hydrogen-bond donors (Lipinski definition) is 1. The zero-order valence-electron chi connectivity index (χ0n) is 17.0. The summed E-state index contributed by atoms with van der Waals surface area (Å²) < 4.78 is 17.8. The number of carbonyl (C=O) groups excluding carboxylic acids is 1. The van der Waals surface area contributed by atoms with Crippen LogP contribution >= 0.6 is 11.6 Å². The van der Waals surface area contributed by atoms with Gasteiger partial charge in [0.2, 0.25) is 5.88 Å². The first-order chi connectivity index (χ1) is 13.7. The van der Waals surface area contributed by atoms with Crippen LogP contribution in [-0.2, 0) is 9.31 Å². The minimum absolute atomic E-state index is 0.181. The van der Waals surface area contributed by atoms with Gasteiger partial charge in [-0.05, 0) is 39.8 Å². The molecule has 2 aromatic rings. The molecule has 0 aliphatic carbocycles. The molecule has 1 aromatic carbocycles. The molecule has 0 unspecified atom stereocenters. The first kappa shape index (κ1) is 20.3. The lowest BCUT2D eigenvalue weighted by molar-refractivity contribution is 0.00578. The highest BCUT2D eigenvalue weighted by Gasteiger charge is 2.52. The molecule has 1 N–H and O–H groups in total. The summed E-state index contributed by atoms with van der Waals surface area (Å²) in [6.45, 7) is 10.6. The largest absolute Gasteiger partial charge is 0.496 e. The van der Waals surface area contributed by atoms with Crippen LogP contribution in [0.4, 0.5) is 4.79 Å². The van der Waals surface area contributed by atoms with Crippen LogP contribution < -0.4 is 15.5 Å². The summed E-state index contributed by atoms with van der Waals surface area (Å²) in [5.41, 5.74) is 0.310. The van der Waals surface area contributed by atoms with Gasteiger partial charge in [-0.2, -0.15) is 0 Å². The van der Waals surface area contributed by atoms with Gasteiger partial charge in [0.25, 0.3) is 0 Å². The number of nitrogens with zero attached hydrogens (tertiary/aromatic N) is 3. The summed E-state index contributed by atoms with van der Waals surface area (Å²) in [5, 5.41) is 4.19. The molecule has 1 amide bonds. The Labute approximate surface area is 175 Å². The number of piperazine rings is 1. The molecule has 2 fully saturated rings. The van der Waals surface area contributed by atoms with Gasteiger partial charge in [0.05, 0.1) is 22.1 Å². The monoisotopic (exact) mass is 418 g/mol. The lowest BCUT2D eigenvalue weighted by Crippen LogP contribution is -2.47. The van der Waals surface area contributed by atoms with E-state index in [0.717, 1.165) is 13.1 Å². The van der Waals surface area contributed by atoms with Gasteiger partial charge in [0.1, 0.15) is 6.33 Å². The van der Waals surface area contributed by atoms with Gasteiger partial charge in [-0.15, -0.1) is 0 Å². The van der Waals surface area contributed by atoms with Gasteiger partial charge >= 0.3 is 13.2 Å². The fourth-order valence-electron chi connectivity index (χ4n) is 3.30. The van der Waals surface area contributed by atoms with Gasteiger partial charge in [-0.1, -0.05) is 11.6 Å². The van der Waals surface area contributed by atoms with Crippen molar-refractivity contribution < 1.29 is 18.8 Å². The number of ether oxygens (including phenoxy) is 1. The quantitative estimate of drug-likeness (QED) is 0.746. The standard InChI is InChI=1S/C19H24BClN4O4/c1-18(2)19(3,4)29-20(28-18)13-10-15-12(9-14(13)21)16(24-11-23-15)27-17(26)25-7-5-22-6-8-25/h9-11,22H,5-8H2,1-4H3. The summed E-state index contributed by atoms with van der Waals surface area (Å²) in [5.74, 6) is 0.181. The first-order valence-corrected chi connectivity index (χ1v) is 10.0. The molecule has 154 valence electrons. The highest BCUT2D eigenvalue weighted by molar-refractivity contribution is 6.66. The van der Waals surface area contributed by atoms with E-state index < -0.39 is 24.4 Å². The number of aromatic nitrogens is 2. The van der Waals surface area contributed by atoms with E-state index >= 15 is 0 Å². The maximum Gasteiger partial charge on any atom is 0.496 e. The number of carbonyl (C=O) groups is 1. The second kappa shape index (κ2) is 7.39. The van der Waals surface area contributed by atoms with Crippen LogP contribution in [0.3, 0.4) is 0 Å². The summed E-state index contributed by atoms with van der Waals surface area (Å²) in [6.07, 6.45) is 0.933. The van der Waals surface area contributed by atoms with Crippen molar-refractivity contribution in [2.24, 2.45) is 0 Å². The maximum absolute atomic E-state index is 12.5. The molecule has 0 bridgehead atoms. The average molecular weight is 419 g/mol. The van der Waals surface area contributed by atoms with Crippen LogP contribution in [0.25, 0.3) is 10.9 Å². The average Bonchev–Trinajstić information content (AvgIpc) is 2.89. The van der Waals surface area contributed by atoms with E-state index in [1.807, 2.05) is 27.7 Å². The molecule has 0 radical (unpaired) electrons. The Balaban J connectivity index is 1.63. The minimum Gasteiger partial charge on any atom is -0.399 e. The highest BCUT2D eigenvalue weighted by atomic mass is 35.5. The number of hydrogen-bond acceptors (Lipinski definition) is 7. The van der Waals surface area contributed by atoms with E-state index in [4.69, 9.17) is 25.6 Å². The Kier molecular flexibility index (Phi) is 5.19. The zero-order valence-corrected chi connectivity index (χ0v) is 17.7. The van der Waals surface area contributed by atoms with Crippen LogP contribution in [0, 0.1) is 0 Å².